The number of nitrogens with zero attached hydrogens (tertiary/aromatic N) is 1. The third-order valence-electron chi connectivity index (χ3n) is 5.57. The first-order valence-corrected chi connectivity index (χ1v) is 10.3. The second-order valence-corrected chi connectivity index (χ2v) is 7.74. The van der Waals surface area contributed by atoms with E-state index < -0.39 is 17.8 Å². The number of rotatable bonds is 6. The molecule has 3 nitrogen and oxygen atoms in total. The van der Waals surface area contributed by atoms with Crippen molar-refractivity contribution in [1.29, 1.82) is 0 Å². The summed E-state index contributed by atoms with van der Waals surface area (Å²) in [7, 11) is 0. The first-order valence-electron chi connectivity index (χ1n) is 10.3. The number of alkyl halides is 3. The number of aliphatic hydroxyl groups is 1. The van der Waals surface area contributed by atoms with Crippen molar-refractivity contribution < 1.29 is 23.0 Å². The standard InChI is InChI=1S/C25H24F3NO2/c26-25(27,28)20-10-12-22(13-11-20)31-17-21(30)16-29-15-14-18-6-4-5-9-23(18)24(29)19-7-2-1-3-8-19/h1-13,21,24,30H,14-17H2/t21-,24-/m0/s1. The Balaban J connectivity index is 1.44. The van der Waals surface area contributed by atoms with E-state index in [1.807, 2.05) is 30.3 Å². The average molecular weight is 427 g/mol. The van der Waals surface area contributed by atoms with E-state index in [1.165, 1.54) is 23.3 Å². The van der Waals surface area contributed by atoms with Gasteiger partial charge in [0.25, 0.3) is 0 Å². The van der Waals surface area contributed by atoms with Crippen molar-refractivity contribution in [3.8, 4) is 5.75 Å². The molecule has 0 amide bonds. The second kappa shape index (κ2) is 9.12. The van der Waals surface area contributed by atoms with Crippen LogP contribution in [0.4, 0.5) is 13.2 Å². The molecule has 0 saturated heterocycles. The van der Waals surface area contributed by atoms with E-state index in [9.17, 15) is 18.3 Å². The molecule has 1 N–H and O–H groups in total. The molecule has 0 spiro atoms. The number of hydrogen-bond donors (Lipinski definition) is 1. The predicted molar refractivity (Wildman–Crippen MR) is 113 cm³/mol. The summed E-state index contributed by atoms with van der Waals surface area (Å²) in [4.78, 5) is 2.23. The molecule has 3 aromatic rings. The molecule has 31 heavy (non-hydrogen) atoms. The van der Waals surface area contributed by atoms with Crippen LogP contribution in [-0.4, -0.2) is 35.8 Å². The SMILES string of the molecule is O[C@H](COc1ccc(C(F)(F)F)cc1)CN1CCc2ccccc2[C@@H]1c1ccccc1. The van der Waals surface area contributed by atoms with Crippen LogP contribution in [0, 0.1) is 0 Å². The molecule has 4 rings (SSSR count). The third kappa shape index (κ3) is 5.09. The van der Waals surface area contributed by atoms with Crippen molar-refractivity contribution >= 4 is 0 Å². The summed E-state index contributed by atoms with van der Waals surface area (Å²) in [6.45, 7) is 1.20. The number of β-amino-alcohol motifs (C(OH)–C–C–N with tert-alkyl or cyclic N) is 1. The molecule has 0 unspecified atom stereocenters. The fourth-order valence-electron chi connectivity index (χ4n) is 4.10. The highest BCUT2D eigenvalue weighted by atomic mass is 19.4. The van der Waals surface area contributed by atoms with Gasteiger partial charge in [-0.15, -0.1) is 0 Å². The summed E-state index contributed by atoms with van der Waals surface area (Å²) >= 11 is 0. The van der Waals surface area contributed by atoms with Gasteiger partial charge in [0.2, 0.25) is 0 Å². The van der Waals surface area contributed by atoms with Gasteiger partial charge in [-0.2, -0.15) is 13.2 Å². The third-order valence-corrected chi connectivity index (χ3v) is 5.57. The van der Waals surface area contributed by atoms with Gasteiger partial charge in [-0.3, -0.25) is 4.90 Å². The molecule has 0 aromatic heterocycles. The van der Waals surface area contributed by atoms with E-state index in [1.54, 1.807) is 0 Å². The normalized spacial score (nSPS) is 17.7. The lowest BCUT2D eigenvalue weighted by Gasteiger charge is -2.38. The van der Waals surface area contributed by atoms with Gasteiger partial charge in [-0.1, -0.05) is 54.6 Å². The van der Waals surface area contributed by atoms with Gasteiger partial charge in [0, 0.05) is 13.1 Å². The number of benzene rings is 3. The van der Waals surface area contributed by atoms with Crippen molar-refractivity contribution in [3.63, 3.8) is 0 Å². The Labute approximate surface area is 179 Å². The molecule has 6 heteroatoms. The molecular formula is C25H24F3NO2. The Morgan fingerprint density at radius 3 is 2.32 bits per heavy atom. The summed E-state index contributed by atoms with van der Waals surface area (Å²) in [6, 6.07) is 23.1. The van der Waals surface area contributed by atoms with Crippen LogP contribution in [0.5, 0.6) is 5.75 Å². The second-order valence-electron chi connectivity index (χ2n) is 7.74. The van der Waals surface area contributed by atoms with E-state index >= 15 is 0 Å². The van der Waals surface area contributed by atoms with Crippen LogP contribution in [0.3, 0.4) is 0 Å². The van der Waals surface area contributed by atoms with Gasteiger partial charge >= 0.3 is 6.18 Å². The fourth-order valence-corrected chi connectivity index (χ4v) is 4.10. The van der Waals surface area contributed by atoms with Gasteiger partial charge in [0.1, 0.15) is 18.5 Å². The highest BCUT2D eigenvalue weighted by Gasteiger charge is 2.31. The fraction of sp³-hybridized carbons (Fsp3) is 0.280. The first-order chi connectivity index (χ1) is 14.9. The minimum atomic E-state index is -4.38. The maximum Gasteiger partial charge on any atom is 0.416 e. The van der Waals surface area contributed by atoms with Crippen molar-refractivity contribution in [1.82, 2.24) is 4.90 Å². The van der Waals surface area contributed by atoms with Crippen molar-refractivity contribution in [3.05, 3.63) is 101 Å². The Morgan fingerprint density at radius 2 is 1.61 bits per heavy atom. The largest absolute Gasteiger partial charge is 0.491 e. The number of halogens is 3. The Hall–Kier alpha value is -2.83. The topological polar surface area (TPSA) is 32.7 Å². The van der Waals surface area contributed by atoms with Crippen LogP contribution < -0.4 is 4.74 Å². The maximum atomic E-state index is 12.7. The van der Waals surface area contributed by atoms with Crippen LogP contribution in [0.15, 0.2) is 78.9 Å². The molecule has 0 radical (unpaired) electrons. The van der Waals surface area contributed by atoms with Crippen LogP contribution in [0.2, 0.25) is 0 Å². The molecule has 2 atom stereocenters. The van der Waals surface area contributed by atoms with Crippen molar-refractivity contribution in [2.75, 3.05) is 19.7 Å². The summed E-state index contributed by atoms with van der Waals surface area (Å²) in [5.41, 5.74) is 2.97. The zero-order valence-electron chi connectivity index (χ0n) is 16.9. The minimum absolute atomic E-state index is 0.00498. The number of hydrogen-bond acceptors (Lipinski definition) is 3. The molecule has 0 bridgehead atoms. The molecular weight excluding hydrogens is 403 g/mol. The number of aliphatic hydroxyl groups excluding tert-OH is 1. The van der Waals surface area contributed by atoms with Crippen molar-refractivity contribution in [2.24, 2.45) is 0 Å². The maximum absolute atomic E-state index is 12.7. The summed E-state index contributed by atoms with van der Waals surface area (Å²) in [5, 5.41) is 10.6. The Morgan fingerprint density at radius 1 is 0.935 bits per heavy atom. The lowest BCUT2D eigenvalue weighted by molar-refractivity contribution is -0.137. The van der Waals surface area contributed by atoms with E-state index in [2.05, 4.69) is 29.2 Å². The predicted octanol–water partition coefficient (Wildman–Crippen LogP) is 5.09. The molecule has 3 aromatic carbocycles. The summed E-state index contributed by atoms with van der Waals surface area (Å²) in [6.07, 6.45) is -4.26. The molecule has 0 fully saturated rings. The van der Waals surface area contributed by atoms with Crippen LogP contribution >= 0.6 is 0 Å². The van der Waals surface area contributed by atoms with Gasteiger partial charge in [0.15, 0.2) is 0 Å². The van der Waals surface area contributed by atoms with Gasteiger partial charge < -0.3 is 9.84 Å². The van der Waals surface area contributed by atoms with Gasteiger partial charge in [0.05, 0.1) is 11.6 Å². The van der Waals surface area contributed by atoms with Gasteiger partial charge in [-0.25, -0.2) is 0 Å². The number of ether oxygens (including phenoxy) is 1. The zero-order chi connectivity index (χ0) is 21.8. The first kappa shape index (κ1) is 21.4. The van der Waals surface area contributed by atoms with Crippen molar-refractivity contribution in [2.45, 2.75) is 24.7 Å². The van der Waals surface area contributed by atoms with Crippen LogP contribution in [-0.2, 0) is 12.6 Å². The Kier molecular flexibility index (Phi) is 6.30. The minimum Gasteiger partial charge on any atom is -0.491 e. The summed E-state index contributed by atoms with van der Waals surface area (Å²) < 4.78 is 43.6. The molecule has 1 heterocycles. The van der Waals surface area contributed by atoms with E-state index in [-0.39, 0.29) is 12.6 Å². The van der Waals surface area contributed by atoms with E-state index in [0.717, 1.165) is 30.7 Å². The van der Waals surface area contributed by atoms with E-state index in [4.69, 9.17) is 4.74 Å². The van der Waals surface area contributed by atoms with Gasteiger partial charge in [-0.05, 0) is 47.4 Å². The smallest absolute Gasteiger partial charge is 0.416 e. The zero-order valence-corrected chi connectivity index (χ0v) is 16.9. The molecule has 1 aliphatic heterocycles. The molecule has 1 aliphatic rings. The van der Waals surface area contributed by atoms with Crippen LogP contribution in [0.1, 0.15) is 28.3 Å². The highest BCUT2D eigenvalue weighted by Crippen LogP contribution is 2.35. The monoisotopic (exact) mass is 427 g/mol. The quantitative estimate of drug-likeness (QED) is 0.595. The highest BCUT2D eigenvalue weighted by molar-refractivity contribution is 5.39. The summed E-state index contributed by atoms with van der Waals surface area (Å²) in [5.74, 6) is 0.302. The molecule has 0 saturated carbocycles. The van der Waals surface area contributed by atoms with E-state index in [0.29, 0.717) is 12.3 Å². The molecule has 0 aliphatic carbocycles. The lowest BCUT2D eigenvalue weighted by atomic mass is 9.88. The Bertz CT molecular complexity index is 990. The van der Waals surface area contributed by atoms with Crippen LogP contribution in [0.25, 0.3) is 0 Å². The average Bonchev–Trinajstić information content (AvgIpc) is 2.78. The molecule has 162 valence electrons. The number of fused-ring (bicyclic) bond motifs is 1. The lowest BCUT2D eigenvalue weighted by Crippen LogP contribution is -2.42.